The highest BCUT2D eigenvalue weighted by atomic mass is 32.2. The van der Waals surface area contributed by atoms with Crippen molar-refractivity contribution in [1.82, 2.24) is 19.5 Å². The number of aryl methyl sites for hydroxylation is 1. The quantitative estimate of drug-likeness (QED) is 0.145. The Bertz CT molecular complexity index is 1630. The van der Waals surface area contributed by atoms with Gasteiger partial charge in [0.15, 0.2) is 22.7 Å². The Hall–Kier alpha value is -3.68. The van der Waals surface area contributed by atoms with Crippen LogP contribution in [0.3, 0.4) is 0 Å². The third kappa shape index (κ3) is 8.20. The van der Waals surface area contributed by atoms with Crippen LogP contribution < -0.4 is 20.8 Å². The molecule has 3 N–H and O–H groups in total. The molecule has 13 nitrogen and oxygen atoms in total. The summed E-state index contributed by atoms with van der Waals surface area (Å²) in [5, 5.41) is -0.202. The first-order valence-corrected chi connectivity index (χ1v) is 15.5. The summed E-state index contributed by atoms with van der Waals surface area (Å²) in [7, 11) is -0.709. The van der Waals surface area contributed by atoms with Gasteiger partial charge >= 0.3 is 7.60 Å². The van der Waals surface area contributed by atoms with Gasteiger partial charge in [-0.1, -0.05) is 41.6 Å². The number of anilines is 1. The number of thioether (sulfide) groups is 1. The average Bonchev–Trinajstić information content (AvgIpc) is 3.39. The number of ether oxygens (including phenoxy) is 3. The van der Waals surface area contributed by atoms with Gasteiger partial charge in [0.2, 0.25) is 11.1 Å². The molecular formula is C27H32N5O8PS. The zero-order valence-electron chi connectivity index (χ0n) is 23.4. The van der Waals surface area contributed by atoms with Crippen LogP contribution in [-0.4, -0.2) is 64.2 Å². The van der Waals surface area contributed by atoms with Crippen molar-refractivity contribution in [2.75, 3.05) is 45.3 Å². The molecule has 2 heterocycles. The smallest absolute Gasteiger partial charge is 0.356 e. The van der Waals surface area contributed by atoms with E-state index in [0.717, 1.165) is 22.9 Å². The number of nitrogens with zero attached hydrogens (tertiary/aromatic N) is 3. The van der Waals surface area contributed by atoms with Crippen LogP contribution in [0.5, 0.6) is 11.5 Å². The molecule has 0 aliphatic heterocycles. The van der Waals surface area contributed by atoms with Gasteiger partial charge in [-0.25, -0.2) is 4.98 Å². The van der Waals surface area contributed by atoms with Gasteiger partial charge < -0.3 is 33.6 Å². The van der Waals surface area contributed by atoms with Crippen LogP contribution in [0.15, 0.2) is 53.6 Å². The molecule has 1 unspecified atom stereocenters. The summed E-state index contributed by atoms with van der Waals surface area (Å²) in [6.07, 6.45) is 1.13. The molecule has 15 heteroatoms. The monoisotopic (exact) mass is 617 g/mol. The Balaban J connectivity index is 1.34. The van der Waals surface area contributed by atoms with Crippen molar-refractivity contribution in [3.05, 3.63) is 75.8 Å². The zero-order chi connectivity index (χ0) is 30.1. The van der Waals surface area contributed by atoms with Crippen molar-refractivity contribution in [3.63, 3.8) is 0 Å². The van der Waals surface area contributed by atoms with Crippen LogP contribution in [0.2, 0.25) is 0 Å². The number of nitrogens with two attached hydrogens (primary N) is 1. The summed E-state index contributed by atoms with van der Waals surface area (Å²) in [5.41, 5.74) is 8.01. The van der Waals surface area contributed by atoms with Crippen molar-refractivity contribution in [3.8, 4) is 11.5 Å². The number of H-pyrrole nitrogens is 1. The van der Waals surface area contributed by atoms with Crippen LogP contribution in [0.4, 0.5) is 5.95 Å². The minimum absolute atomic E-state index is 0.0175. The first kappa shape index (κ1) is 31.3. The highest BCUT2D eigenvalue weighted by Gasteiger charge is 2.26. The number of nitrogens with one attached hydrogen (secondary N) is 1. The van der Waals surface area contributed by atoms with E-state index in [-0.39, 0.29) is 55.0 Å². The van der Waals surface area contributed by atoms with Gasteiger partial charge in [0, 0.05) is 17.9 Å². The Kier molecular flexibility index (Phi) is 10.8. The fraction of sp³-hybridized carbons (Fsp3) is 0.333. The third-order valence-electron chi connectivity index (χ3n) is 5.99. The fourth-order valence-electron chi connectivity index (χ4n) is 3.80. The molecule has 1 atom stereocenters. The van der Waals surface area contributed by atoms with Crippen LogP contribution in [0.25, 0.3) is 11.2 Å². The summed E-state index contributed by atoms with van der Waals surface area (Å²) in [6.45, 7) is 2.37. The standard InChI is InChI=1S/C27H32N5O8PS/c1-18-4-6-19(7-5-18)15-40-41(35,17-38-11-10-32-16-29-23-24(32)30-27(28)31-25(23)33)39-12-13-42-26(34)20-8-9-21(36-2)22(14-20)37-3/h4-9,14,16H,10-13,15,17H2,1-3H3,(H3,28,30,31,33). The minimum atomic E-state index is -3.72. The van der Waals surface area contributed by atoms with Gasteiger partial charge in [-0.05, 0) is 30.7 Å². The number of fused-ring (bicyclic) bond motifs is 1. The summed E-state index contributed by atoms with van der Waals surface area (Å²) >= 11 is 1.02. The number of carbonyl (C=O) groups excluding carboxylic acids is 1. The number of aromatic amines is 1. The number of aromatic nitrogens is 4. The molecule has 0 spiro atoms. The maximum Gasteiger partial charge on any atom is 0.356 e. The van der Waals surface area contributed by atoms with E-state index in [4.69, 9.17) is 29.0 Å². The molecule has 0 saturated carbocycles. The Labute approximate surface area is 246 Å². The Morgan fingerprint density at radius 1 is 1.07 bits per heavy atom. The van der Waals surface area contributed by atoms with E-state index in [1.807, 2.05) is 31.2 Å². The van der Waals surface area contributed by atoms with Gasteiger partial charge in [0.05, 0.1) is 40.4 Å². The predicted molar refractivity (Wildman–Crippen MR) is 159 cm³/mol. The third-order valence-corrected chi connectivity index (χ3v) is 8.46. The number of carbonyl (C=O) groups is 1. The lowest BCUT2D eigenvalue weighted by Gasteiger charge is -2.19. The average molecular weight is 618 g/mol. The van der Waals surface area contributed by atoms with E-state index in [1.165, 1.54) is 20.5 Å². The highest BCUT2D eigenvalue weighted by molar-refractivity contribution is 8.14. The summed E-state index contributed by atoms with van der Waals surface area (Å²) in [5.74, 6) is 1.17. The molecule has 0 aliphatic rings. The van der Waals surface area contributed by atoms with Gasteiger partial charge in [-0.2, -0.15) is 4.98 Å². The molecule has 0 amide bonds. The molecule has 0 aliphatic carbocycles. The summed E-state index contributed by atoms with van der Waals surface area (Å²) < 4.78 is 42.8. The first-order valence-electron chi connectivity index (χ1n) is 12.8. The second-order valence-corrected chi connectivity index (χ2v) is 12.1. The molecule has 2 aromatic heterocycles. The lowest BCUT2D eigenvalue weighted by Crippen LogP contribution is -2.13. The van der Waals surface area contributed by atoms with E-state index in [0.29, 0.717) is 22.7 Å². The van der Waals surface area contributed by atoms with Crippen LogP contribution in [-0.2, 0) is 31.5 Å². The van der Waals surface area contributed by atoms with E-state index < -0.39 is 13.2 Å². The van der Waals surface area contributed by atoms with Gasteiger partial charge in [-0.15, -0.1) is 0 Å². The second-order valence-electron chi connectivity index (χ2n) is 9.01. The molecule has 4 rings (SSSR count). The number of rotatable bonds is 15. The van der Waals surface area contributed by atoms with Gasteiger partial charge in [0.25, 0.3) is 5.56 Å². The number of hydrogen-bond acceptors (Lipinski definition) is 12. The van der Waals surface area contributed by atoms with E-state index >= 15 is 0 Å². The molecule has 0 radical (unpaired) electrons. The lowest BCUT2D eigenvalue weighted by atomic mass is 10.2. The number of nitrogen functional groups attached to an aromatic ring is 1. The number of hydrogen-bond donors (Lipinski definition) is 2. The highest BCUT2D eigenvalue weighted by Crippen LogP contribution is 2.49. The summed E-state index contributed by atoms with van der Waals surface area (Å²) in [6, 6.07) is 12.5. The Morgan fingerprint density at radius 2 is 1.83 bits per heavy atom. The van der Waals surface area contributed by atoms with Crippen molar-refractivity contribution >= 4 is 41.6 Å². The number of methoxy groups -OCH3 is 2. The normalized spacial score (nSPS) is 12.7. The van der Waals surface area contributed by atoms with E-state index in [1.54, 1.807) is 22.8 Å². The van der Waals surface area contributed by atoms with Crippen molar-refractivity contribution in [2.24, 2.45) is 0 Å². The molecule has 0 saturated heterocycles. The molecule has 42 heavy (non-hydrogen) atoms. The predicted octanol–water partition coefficient (Wildman–Crippen LogP) is 4.00. The SMILES string of the molecule is COc1ccc(C(=O)SCCOP(=O)(COCCn2cnc3c(=O)[nH]c(N)nc32)OCc2ccc(C)cc2)cc1OC. The second kappa shape index (κ2) is 14.5. The topological polar surface area (TPSA) is 170 Å². The molecule has 0 bridgehead atoms. The maximum atomic E-state index is 13.6. The van der Waals surface area contributed by atoms with Crippen LogP contribution >= 0.6 is 19.4 Å². The molecule has 4 aromatic rings. The van der Waals surface area contributed by atoms with Gasteiger partial charge in [-0.3, -0.25) is 19.1 Å². The maximum absolute atomic E-state index is 13.6. The zero-order valence-corrected chi connectivity index (χ0v) is 25.1. The van der Waals surface area contributed by atoms with Gasteiger partial charge in [0.1, 0.15) is 6.35 Å². The largest absolute Gasteiger partial charge is 0.493 e. The number of imidazole rings is 1. The first-order chi connectivity index (χ1) is 20.2. The van der Waals surface area contributed by atoms with Crippen molar-refractivity contribution < 1.29 is 32.6 Å². The minimum Gasteiger partial charge on any atom is -0.493 e. The molecular weight excluding hydrogens is 585 g/mol. The molecule has 2 aromatic carbocycles. The summed E-state index contributed by atoms with van der Waals surface area (Å²) in [4.78, 5) is 35.2. The van der Waals surface area contributed by atoms with Crippen molar-refractivity contribution in [1.29, 1.82) is 0 Å². The van der Waals surface area contributed by atoms with Crippen molar-refractivity contribution in [2.45, 2.75) is 20.1 Å². The van der Waals surface area contributed by atoms with Crippen LogP contribution in [0.1, 0.15) is 21.5 Å². The Morgan fingerprint density at radius 3 is 2.57 bits per heavy atom. The fourth-order valence-corrected chi connectivity index (χ4v) is 5.86. The van der Waals surface area contributed by atoms with E-state index in [9.17, 15) is 14.2 Å². The lowest BCUT2D eigenvalue weighted by molar-refractivity contribution is 0.108. The number of benzene rings is 2. The van der Waals surface area contributed by atoms with Crippen LogP contribution in [0, 0.1) is 6.92 Å². The van der Waals surface area contributed by atoms with E-state index in [2.05, 4.69) is 15.0 Å². The molecule has 0 fully saturated rings. The molecule has 224 valence electrons.